The number of carbonyl (C=O) groups is 3. The standard InChI is InChI=1S/C22H32N2O4S/c1-14-10-11-16-17(12-14)29-22(20(16)21(23)27)24-18(25)13-28-19(26)9-5-8-15-6-3-2-4-7-15/h14-15H,2-13H2,1H3,(H2,23,27)(H,24,25)/t14-/m0/s1. The molecule has 160 valence electrons. The average molecular weight is 421 g/mol. The second-order valence-corrected chi connectivity index (χ2v) is 9.63. The fraction of sp³-hybridized carbons (Fsp3) is 0.682. The molecule has 0 radical (unpaired) electrons. The molecule has 0 spiro atoms. The number of thiophene rings is 1. The van der Waals surface area contributed by atoms with Crippen molar-refractivity contribution in [1.29, 1.82) is 0 Å². The normalized spacial score (nSPS) is 19.4. The van der Waals surface area contributed by atoms with Gasteiger partial charge < -0.3 is 15.8 Å². The number of fused-ring (bicyclic) bond motifs is 1. The van der Waals surface area contributed by atoms with Gasteiger partial charge in [0, 0.05) is 11.3 Å². The molecule has 1 fully saturated rings. The van der Waals surface area contributed by atoms with E-state index in [0.717, 1.165) is 48.5 Å². The molecule has 3 N–H and O–H groups in total. The zero-order chi connectivity index (χ0) is 20.8. The molecule has 1 heterocycles. The van der Waals surface area contributed by atoms with Crippen molar-refractivity contribution in [2.45, 2.75) is 77.6 Å². The molecule has 0 aliphatic heterocycles. The van der Waals surface area contributed by atoms with Crippen LogP contribution >= 0.6 is 11.3 Å². The first-order valence-corrected chi connectivity index (χ1v) is 11.7. The number of primary amides is 1. The van der Waals surface area contributed by atoms with Crippen molar-refractivity contribution in [3.05, 3.63) is 16.0 Å². The Balaban J connectivity index is 1.45. The third kappa shape index (κ3) is 6.04. The summed E-state index contributed by atoms with van der Waals surface area (Å²) in [5.41, 5.74) is 6.95. The van der Waals surface area contributed by atoms with Gasteiger partial charge in [0.05, 0.1) is 5.56 Å². The first kappa shape index (κ1) is 21.8. The molecule has 2 aliphatic carbocycles. The summed E-state index contributed by atoms with van der Waals surface area (Å²) in [6.07, 6.45) is 11.4. The van der Waals surface area contributed by atoms with E-state index in [1.54, 1.807) is 0 Å². The molecule has 0 saturated heterocycles. The predicted octanol–water partition coefficient (Wildman–Crippen LogP) is 4.20. The van der Waals surface area contributed by atoms with Crippen molar-refractivity contribution in [3.63, 3.8) is 0 Å². The second-order valence-electron chi connectivity index (χ2n) is 8.53. The molecule has 29 heavy (non-hydrogen) atoms. The first-order valence-electron chi connectivity index (χ1n) is 10.8. The number of anilines is 1. The average Bonchev–Trinajstić information content (AvgIpc) is 3.04. The van der Waals surface area contributed by atoms with E-state index in [4.69, 9.17) is 10.5 Å². The Morgan fingerprint density at radius 2 is 1.93 bits per heavy atom. The molecule has 2 amide bonds. The fourth-order valence-corrected chi connectivity index (χ4v) is 5.92. The number of hydrogen-bond donors (Lipinski definition) is 2. The van der Waals surface area contributed by atoms with Crippen LogP contribution in [0.2, 0.25) is 0 Å². The number of nitrogens with two attached hydrogens (primary N) is 1. The van der Waals surface area contributed by atoms with E-state index >= 15 is 0 Å². The molecule has 7 heteroatoms. The third-order valence-electron chi connectivity index (χ3n) is 6.09. The number of esters is 1. The van der Waals surface area contributed by atoms with Gasteiger partial charge in [-0.15, -0.1) is 11.3 Å². The van der Waals surface area contributed by atoms with Crippen LogP contribution in [-0.2, 0) is 27.2 Å². The zero-order valence-corrected chi connectivity index (χ0v) is 18.1. The van der Waals surface area contributed by atoms with Gasteiger partial charge in [0.2, 0.25) is 0 Å². The van der Waals surface area contributed by atoms with E-state index in [-0.39, 0.29) is 12.6 Å². The predicted molar refractivity (Wildman–Crippen MR) is 114 cm³/mol. The van der Waals surface area contributed by atoms with Gasteiger partial charge in [0.1, 0.15) is 5.00 Å². The molecule has 1 saturated carbocycles. The van der Waals surface area contributed by atoms with Crippen LogP contribution in [0.15, 0.2) is 0 Å². The van der Waals surface area contributed by atoms with Gasteiger partial charge in [-0.2, -0.15) is 0 Å². The Hall–Kier alpha value is -1.89. The number of amides is 2. The number of nitrogens with one attached hydrogen (secondary N) is 1. The third-order valence-corrected chi connectivity index (χ3v) is 7.26. The Bertz CT molecular complexity index is 752. The lowest BCUT2D eigenvalue weighted by molar-refractivity contribution is -0.147. The molecule has 3 rings (SSSR count). The van der Waals surface area contributed by atoms with Gasteiger partial charge in [-0.1, -0.05) is 39.0 Å². The molecule has 1 aromatic heterocycles. The van der Waals surface area contributed by atoms with Gasteiger partial charge in [0.15, 0.2) is 6.61 Å². The van der Waals surface area contributed by atoms with Gasteiger partial charge in [-0.3, -0.25) is 14.4 Å². The molecular weight excluding hydrogens is 388 g/mol. The van der Waals surface area contributed by atoms with Crippen LogP contribution in [-0.4, -0.2) is 24.4 Å². The number of rotatable bonds is 8. The molecule has 1 aromatic rings. The fourth-order valence-electron chi connectivity index (χ4n) is 4.49. The zero-order valence-electron chi connectivity index (χ0n) is 17.3. The highest BCUT2D eigenvalue weighted by atomic mass is 32.1. The highest BCUT2D eigenvalue weighted by Gasteiger charge is 2.27. The maximum Gasteiger partial charge on any atom is 0.306 e. The molecule has 2 aliphatic rings. The summed E-state index contributed by atoms with van der Waals surface area (Å²) >= 11 is 1.41. The van der Waals surface area contributed by atoms with Crippen LogP contribution in [0.25, 0.3) is 0 Å². The van der Waals surface area contributed by atoms with Gasteiger partial charge in [-0.25, -0.2) is 0 Å². The van der Waals surface area contributed by atoms with Crippen LogP contribution < -0.4 is 11.1 Å². The number of carbonyl (C=O) groups excluding carboxylic acids is 3. The van der Waals surface area contributed by atoms with Crippen LogP contribution in [0.1, 0.15) is 85.5 Å². The SMILES string of the molecule is C[C@H]1CCc2c(sc(NC(=O)COC(=O)CCCC3CCCCC3)c2C(N)=O)C1. The van der Waals surface area contributed by atoms with E-state index < -0.39 is 11.8 Å². The quantitative estimate of drug-likeness (QED) is 0.616. The molecule has 6 nitrogen and oxygen atoms in total. The lowest BCUT2D eigenvalue weighted by atomic mass is 9.86. The van der Waals surface area contributed by atoms with E-state index in [1.807, 2.05) is 0 Å². The summed E-state index contributed by atoms with van der Waals surface area (Å²) in [6.45, 7) is 1.85. The highest BCUT2D eigenvalue weighted by Crippen LogP contribution is 2.39. The Morgan fingerprint density at radius 3 is 2.66 bits per heavy atom. The summed E-state index contributed by atoms with van der Waals surface area (Å²) < 4.78 is 5.12. The molecule has 1 atom stereocenters. The topological polar surface area (TPSA) is 98.5 Å². The minimum Gasteiger partial charge on any atom is -0.456 e. The summed E-state index contributed by atoms with van der Waals surface area (Å²) in [7, 11) is 0. The van der Waals surface area contributed by atoms with Crippen LogP contribution in [0.4, 0.5) is 5.00 Å². The van der Waals surface area contributed by atoms with Crippen LogP contribution in [0, 0.1) is 11.8 Å². The summed E-state index contributed by atoms with van der Waals surface area (Å²) in [5.74, 6) is -0.00291. The van der Waals surface area contributed by atoms with Crippen LogP contribution in [0.3, 0.4) is 0 Å². The lowest BCUT2D eigenvalue weighted by Gasteiger charge is -2.20. The van der Waals surface area contributed by atoms with Crippen LogP contribution in [0.5, 0.6) is 0 Å². The first-order chi connectivity index (χ1) is 13.9. The Labute approximate surface area is 176 Å². The summed E-state index contributed by atoms with van der Waals surface area (Å²) in [6, 6.07) is 0. The minimum atomic E-state index is -0.521. The monoisotopic (exact) mass is 420 g/mol. The van der Waals surface area contributed by atoms with Crippen molar-refractivity contribution in [1.82, 2.24) is 0 Å². The number of hydrogen-bond acceptors (Lipinski definition) is 5. The minimum absolute atomic E-state index is 0.334. The second kappa shape index (κ2) is 10.2. The number of ether oxygens (including phenoxy) is 1. The molecule has 0 bridgehead atoms. The molecule has 0 aromatic carbocycles. The van der Waals surface area contributed by atoms with E-state index in [9.17, 15) is 14.4 Å². The smallest absolute Gasteiger partial charge is 0.306 e. The van der Waals surface area contributed by atoms with Gasteiger partial charge >= 0.3 is 5.97 Å². The maximum atomic E-state index is 12.3. The van der Waals surface area contributed by atoms with Gasteiger partial charge in [0.25, 0.3) is 11.8 Å². The van der Waals surface area contributed by atoms with Crippen molar-refractivity contribution in [3.8, 4) is 0 Å². The van der Waals surface area contributed by atoms with Crippen molar-refractivity contribution in [2.75, 3.05) is 11.9 Å². The Kier molecular flexibility index (Phi) is 7.70. The van der Waals surface area contributed by atoms with Crippen molar-refractivity contribution >= 4 is 34.1 Å². The van der Waals surface area contributed by atoms with Crippen molar-refractivity contribution in [2.24, 2.45) is 17.6 Å². The maximum absolute atomic E-state index is 12.3. The largest absolute Gasteiger partial charge is 0.456 e. The Morgan fingerprint density at radius 1 is 1.17 bits per heavy atom. The summed E-state index contributed by atoms with van der Waals surface area (Å²) in [5, 5.41) is 3.21. The summed E-state index contributed by atoms with van der Waals surface area (Å²) in [4.78, 5) is 37.2. The van der Waals surface area contributed by atoms with E-state index in [2.05, 4.69) is 12.2 Å². The van der Waals surface area contributed by atoms with Crippen molar-refractivity contribution < 1.29 is 19.1 Å². The molecular formula is C22H32N2O4S. The molecule has 0 unspecified atom stereocenters. The van der Waals surface area contributed by atoms with E-state index in [0.29, 0.717) is 22.9 Å². The highest BCUT2D eigenvalue weighted by molar-refractivity contribution is 7.17. The van der Waals surface area contributed by atoms with Gasteiger partial charge in [-0.05, 0) is 49.5 Å². The lowest BCUT2D eigenvalue weighted by Crippen LogP contribution is -2.23. The van der Waals surface area contributed by atoms with E-state index in [1.165, 1.54) is 43.4 Å².